The molecule has 0 bridgehead atoms. The summed E-state index contributed by atoms with van der Waals surface area (Å²) >= 11 is 9.43. The number of phenolic OH excluding ortho intramolecular Hbond substituents is 1. The van der Waals surface area contributed by atoms with Crippen molar-refractivity contribution in [3.8, 4) is 28.7 Å². The summed E-state index contributed by atoms with van der Waals surface area (Å²) in [6, 6.07) is 8.14. The number of rotatable bonds is 2. The van der Waals surface area contributed by atoms with Gasteiger partial charge < -0.3 is 9.63 Å². The standard InChI is InChI=1S/C13H7BrClN3O2/c14-9-2-1-5-16-11(9)12-17-13(20-18-12)8-6-7(19)3-4-10(8)15/h1-6,19H. The molecule has 20 heavy (non-hydrogen) atoms. The molecule has 0 spiro atoms. The molecule has 0 saturated carbocycles. The Morgan fingerprint density at radius 1 is 1.25 bits per heavy atom. The molecule has 0 atom stereocenters. The van der Waals surface area contributed by atoms with E-state index >= 15 is 0 Å². The summed E-state index contributed by atoms with van der Waals surface area (Å²) in [7, 11) is 0. The zero-order chi connectivity index (χ0) is 14.1. The first-order chi connectivity index (χ1) is 9.65. The summed E-state index contributed by atoms with van der Waals surface area (Å²) in [4.78, 5) is 8.43. The van der Waals surface area contributed by atoms with Crippen molar-refractivity contribution in [1.29, 1.82) is 0 Å². The van der Waals surface area contributed by atoms with Crippen LogP contribution in [-0.4, -0.2) is 20.2 Å². The molecule has 0 radical (unpaired) electrons. The van der Waals surface area contributed by atoms with Gasteiger partial charge in [-0.15, -0.1) is 0 Å². The highest BCUT2D eigenvalue weighted by Crippen LogP contribution is 2.32. The molecule has 3 rings (SSSR count). The van der Waals surface area contributed by atoms with Gasteiger partial charge in [0, 0.05) is 10.7 Å². The molecule has 2 heterocycles. The van der Waals surface area contributed by atoms with Gasteiger partial charge in [-0.25, -0.2) is 0 Å². The van der Waals surface area contributed by atoms with Crippen LogP contribution in [0.1, 0.15) is 0 Å². The molecular formula is C13H7BrClN3O2. The minimum Gasteiger partial charge on any atom is -0.508 e. The molecule has 0 aliphatic heterocycles. The largest absolute Gasteiger partial charge is 0.508 e. The van der Waals surface area contributed by atoms with Gasteiger partial charge in [-0.3, -0.25) is 4.98 Å². The van der Waals surface area contributed by atoms with Crippen LogP contribution in [0.4, 0.5) is 0 Å². The molecule has 0 fully saturated rings. The van der Waals surface area contributed by atoms with Gasteiger partial charge in [-0.2, -0.15) is 4.98 Å². The number of benzene rings is 1. The lowest BCUT2D eigenvalue weighted by Crippen LogP contribution is -1.87. The molecule has 0 aliphatic carbocycles. The first kappa shape index (κ1) is 13.1. The molecule has 2 aromatic heterocycles. The Balaban J connectivity index is 2.07. The van der Waals surface area contributed by atoms with Crippen LogP contribution in [0.15, 0.2) is 45.5 Å². The number of phenols is 1. The summed E-state index contributed by atoms with van der Waals surface area (Å²) in [5.41, 5.74) is 1.04. The predicted octanol–water partition coefficient (Wildman–Crippen LogP) is 3.92. The van der Waals surface area contributed by atoms with Gasteiger partial charge in [0.05, 0.1) is 10.6 Å². The minimum absolute atomic E-state index is 0.0724. The Kier molecular flexibility index (Phi) is 3.42. The van der Waals surface area contributed by atoms with Crippen molar-refractivity contribution < 1.29 is 9.63 Å². The maximum absolute atomic E-state index is 9.50. The number of aromatic hydroxyl groups is 1. The normalized spacial score (nSPS) is 10.7. The second-order valence-corrected chi connectivity index (χ2v) is 5.18. The van der Waals surface area contributed by atoms with Crippen molar-refractivity contribution in [2.45, 2.75) is 0 Å². The van der Waals surface area contributed by atoms with E-state index in [4.69, 9.17) is 16.1 Å². The SMILES string of the molecule is Oc1ccc(Cl)c(-c2nc(-c3ncccc3Br)no2)c1. The van der Waals surface area contributed by atoms with Crippen LogP contribution < -0.4 is 0 Å². The highest BCUT2D eigenvalue weighted by atomic mass is 79.9. The molecule has 100 valence electrons. The molecule has 1 N–H and O–H groups in total. The Morgan fingerprint density at radius 3 is 2.90 bits per heavy atom. The van der Waals surface area contributed by atoms with E-state index in [1.807, 2.05) is 6.07 Å². The van der Waals surface area contributed by atoms with Crippen LogP contribution in [0.25, 0.3) is 23.0 Å². The summed E-state index contributed by atoms with van der Waals surface area (Å²) in [5.74, 6) is 0.633. The number of pyridine rings is 1. The van der Waals surface area contributed by atoms with Crippen molar-refractivity contribution in [3.63, 3.8) is 0 Å². The molecule has 3 aromatic rings. The lowest BCUT2D eigenvalue weighted by atomic mass is 10.2. The highest BCUT2D eigenvalue weighted by molar-refractivity contribution is 9.10. The number of hydrogen-bond acceptors (Lipinski definition) is 5. The van der Waals surface area contributed by atoms with Gasteiger partial charge in [0.2, 0.25) is 5.82 Å². The Hall–Kier alpha value is -1.92. The average molecular weight is 353 g/mol. The van der Waals surface area contributed by atoms with Gasteiger partial charge in [0.25, 0.3) is 5.89 Å². The second kappa shape index (κ2) is 5.22. The molecule has 0 saturated heterocycles. The van der Waals surface area contributed by atoms with Crippen molar-refractivity contribution in [2.24, 2.45) is 0 Å². The third-order valence-electron chi connectivity index (χ3n) is 2.58. The first-order valence-electron chi connectivity index (χ1n) is 5.58. The maximum atomic E-state index is 9.50. The van der Waals surface area contributed by atoms with Crippen molar-refractivity contribution in [2.75, 3.05) is 0 Å². The zero-order valence-electron chi connectivity index (χ0n) is 9.92. The summed E-state index contributed by atoms with van der Waals surface area (Å²) in [6.07, 6.45) is 1.64. The van der Waals surface area contributed by atoms with Crippen LogP contribution >= 0.6 is 27.5 Å². The van der Waals surface area contributed by atoms with Crippen LogP contribution in [0.2, 0.25) is 5.02 Å². The van der Waals surface area contributed by atoms with Crippen LogP contribution in [0.3, 0.4) is 0 Å². The van der Waals surface area contributed by atoms with Crippen molar-refractivity contribution in [3.05, 3.63) is 46.0 Å². The van der Waals surface area contributed by atoms with Gasteiger partial charge in [0.15, 0.2) is 0 Å². The fourth-order valence-corrected chi connectivity index (χ4v) is 2.29. The fraction of sp³-hybridized carbons (Fsp3) is 0. The molecule has 0 amide bonds. The monoisotopic (exact) mass is 351 g/mol. The molecule has 1 aromatic carbocycles. The lowest BCUT2D eigenvalue weighted by Gasteiger charge is -1.99. The van der Waals surface area contributed by atoms with Gasteiger partial charge >= 0.3 is 0 Å². The molecule has 7 heteroatoms. The minimum atomic E-state index is 0.0724. The van der Waals surface area contributed by atoms with Crippen LogP contribution in [0, 0.1) is 0 Å². The number of hydrogen-bond donors (Lipinski definition) is 1. The molecule has 0 unspecified atom stereocenters. The third kappa shape index (κ3) is 2.39. The molecule has 5 nitrogen and oxygen atoms in total. The Morgan fingerprint density at radius 2 is 2.10 bits per heavy atom. The Labute approximate surface area is 127 Å². The quantitative estimate of drug-likeness (QED) is 0.757. The van der Waals surface area contributed by atoms with E-state index in [1.54, 1.807) is 18.3 Å². The predicted molar refractivity (Wildman–Crippen MR) is 77.3 cm³/mol. The van der Waals surface area contributed by atoms with Crippen molar-refractivity contribution >= 4 is 27.5 Å². The van der Waals surface area contributed by atoms with Gasteiger partial charge in [-0.05, 0) is 46.3 Å². The van der Waals surface area contributed by atoms with E-state index in [2.05, 4.69) is 31.1 Å². The summed E-state index contributed by atoms with van der Waals surface area (Å²) in [5, 5.41) is 13.8. The first-order valence-corrected chi connectivity index (χ1v) is 6.76. The van der Waals surface area contributed by atoms with Crippen molar-refractivity contribution in [1.82, 2.24) is 15.1 Å². The van der Waals surface area contributed by atoms with E-state index in [0.29, 0.717) is 22.1 Å². The molecule has 0 aliphatic rings. The second-order valence-electron chi connectivity index (χ2n) is 3.92. The Bertz CT molecular complexity index is 776. The topological polar surface area (TPSA) is 72.0 Å². The van der Waals surface area contributed by atoms with Crippen LogP contribution in [0.5, 0.6) is 5.75 Å². The number of halogens is 2. The number of nitrogens with zero attached hydrogens (tertiary/aromatic N) is 3. The van der Waals surface area contributed by atoms with E-state index in [1.165, 1.54) is 12.1 Å². The van der Waals surface area contributed by atoms with E-state index < -0.39 is 0 Å². The van der Waals surface area contributed by atoms with E-state index in [-0.39, 0.29) is 11.6 Å². The zero-order valence-corrected chi connectivity index (χ0v) is 12.3. The summed E-state index contributed by atoms with van der Waals surface area (Å²) < 4.78 is 5.94. The summed E-state index contributed by atoms with van der Waals surface area (Å²) in [6.45, 7) is 0. The molecular weight excluding hydrogens is 346 g/mol. The van der Waals surface area contributed by atoms with Gasteiger partial charge in [-0.1, -0.05) is 16.8 Å². The maximum Gasteiger partial charge on any atom is 0.259 e. The van der Waals surface area contributed by atoms with E-state index in [9.17, 15) is 5.11 Å². The fourth-order valence-electron chi connectivity index (χ4n) is 1.66. The smallest absolute Gasteiger partial charge is 0.259 e. The highest BCUT2D eigenvalue weighted by Gasteiger charge is 2.16. The average Bonchev–Trinajstić information content (AvgIpc) is 2.91. The van der Waals surface area contributed by atoms with E-state index in [0.717, 1.165) is 4.47 Å². The van der Waals surface area contributed by atoms with Gasteiger partial charge in [0.1, 0.15) is 11.4 Å². The third-order valence-corrected chi connectivity index (χ3v) is 3.55. The lowest BCUT2D eigenvalue weighted by molar-refractivity contribution is 0.431. The number of aromatic nitrogens is 3. The van der Waals surface area contributed by atoms with Crippen LogP contribution in [-0.2, 0) is 0 Å².